The molecule has 20 heavy (non-hydrogen) atoms. The minimum absolute atomic E-state index is 1.36. The first kappa shape index (κ1) is 19.0. The number of halogens is 1. The van der Waals surface area contributed by atoms with Gasteiger partial charge in [-0.25, -0.2) is 0 Å². The summed E-state index contributed by atoms with van der Waals surface area (Å²) in [6.07, 6.45) is 8.43. The van der Waals surface area contributed by atoms with E-state index in [4.69, 9.17) is 0 Å². The van der Waals surface area contributed by atoms with Crippen molar-refractivity contribution in [3.05, 3.63) is 15.4 Å². The SMILES string of the molecule is CCC[CH2][Sn]([CH2]CCC)([CH2]CCC)[c]1sc(C)cc1Br. The topological polar surface area (TPSA) is 0 Å². The van der Waals surface area contributed by atoms with Crippen molar-refractivity contribution >= 4 is 48.5 Å². The molecule has 0 atom stereocenters. The molecule has 0 saturated carbocycles. The van der Waals surface area contributed by atoms with E-state index in [0.717, 1.165) is 0 Å². The molecule has 116 valence electrons. The van der Waals surface area contributed by atoms with Gasteiger partial charge in [0.2, 0.25) is 0 Å². The molecule has 0 spiro atoms. The quantitative estimate of drug-likeness (QED) is 0.330. The van der Waals surface area contributed by atoms with Gasteiger partial charge in [0.15, 0.2) is 0 Å². The van der Waals surface area contributed by atoms with Gasteiger partial charge in [-0.2, -0.15) is 0 Å². The van der Waals surface area contributed by atoms with Crippen molar-refractivity contribution < 1.29 is 0 Å². The van der Waals surface area contributed by atoms with Gasteiger partial charge in [-0.15, -0.1) is 0 Å². The van der Waals surface area contributed by atoms with Crippen molar-refractivity contribution in [3.63, 3.8) is 0 Å². The van der Waals surface area contributed by atoms with Gasteiger partial charge in [0, 0.05) is 0 Å². The van der Waals surface area contributed by atoms with Crippen LogP contribution in [-0.2, 0) is 0 Å². The molecule has 0 fully saturated rings. The van der Waals surface area contributed by atoms with E-state index in [-0.39, 0.29) is 0 Å². The molecule has 0 bridgehead atoms. The van der Waals surface area contributed by atoms with Crippen LogP contribution in [-0.4, -0.2) is 18.4 Å². The van der Waals surface area contributed by atoms with Crippen LogP contribution in [0.15, 0.2) is 10.5 Å². The maximum absolute atomic E-state index is 3.89. The summed E-state index contributed by atoms with van der Waals surface area (Å²) in [4.78, 5) is 1.50. The Morgan fingerprint density at radius 2 is 1.40 bits per heavy atom. The van der Waals surface area contributed by atoms with E-state index in [1.807, 2.05) is 2.89 Å². The zero-order valence-corrected chi connectivity index (χ0v) is 19.0. The van der Waals surface area contributed by atoms with Gasteiger partial charge in [0.25, 0.3) is 0 Å². The molecule has 0 aliphatic rings. The van der Waals surface area contributed by atoms with Crippen LogP contribution in [0.2, 0.25) is 13.3 Å². The first-order valence-electron chi connectivity index (χ1n) is 8.36. The minimum atomic E-state index is -2.17. The third-order valence-corrected chi connectivity index (χ3v) is 25.6. The van der Waals surface area contributed by atoms with Gasteiger partial charge < -0.3 is 0 Å². The molecule has 1 heterocycles. The monoisotopic (exact) mass is 466 g/mol. The number of hydrogen-bond donors (Lipinski definition) is 0. The van der Waals surface area contributed by atoms with Crippen LogP contribution in [0.25, 0.3) is 0 Å². The van der Waals surface area contributed by atoms with Crippen LogP contribution >= 0.6 is 27.3 Å². The second kappa shape index (κ2) is 9.89. The molecule has 0 aliphatic heterocycles. The molecule has 1 aromatic heterocycles. The molecule has 0 unspecified atom stereocenters. The van der Waals surface area contributed by atoms with E-state index in [1.165, 1.54) is 47.9 Å². The van der Waals surface area contributed by atoms with Gasteiger partial charge in [0.1, 0.15) is 0 Å². The second-order valence-corrected chi connectivity index (χ2v) is 22.3. The standard InChI is InChI=1S/C5H4BrS.3C4H9.Sn/c1-4-2-5(6)3-7-4;3*1-3-4-2;/h2H,1H3;3*1,3-4H2,2H3;. The molecule has 0 amide bonds. The normalized spacial score (nSPS) is 12.1. The van der Waals surface area contributed by atoms with Gasteiger partial charge >= 0.3 is 143 Å². The molecule has 0 saturated heterocycles. The number of aryl methyl sites for hydroxylation is 1. The summed E-state index contributed by atoms with van der Waals surface area (Å²) in [5.41, 5.74) is 0. The van der Waals surface area contributed by atoms with Crippen molar-refractivity contribution in [1.82, 2.24) is 0 Å². The third-order valence-electron chi connectivity index (χ3n) is 4.32. The molecule has 0 aliphatic carbocycles. The van der Waals surface area contributed by atoms with Crippen molar-refractivity contribution in [1.29, 1.82) is 0 Å². The fourth-order valence-electron chi connectivity index (χ4n) is 3.11. The average Bonchev–Trinajstić information content (AvgIpc) is 2.78. The summed E-state index contributed by atoms with van der Waals surface area (Å²) >= 11 is 3.84. The van der Waals surface area contributed by atoms with Crippen LogP contribution < -0.4 is 2.89 Å². The van der Waals surface area contributed by atoms with Gasteiger partial charge in [-0.05, 0) is 0 Å². The molecule has 0 N–H and O–H groups in total. The van der Waals surface area contributed by atoms with Gasteiger partial charge in [0.05, 0.1) is 0 Å². The first-order valence-corrected chi connectivity index (χ1v) is 17.4. The fraction of sp³-hybridized carbons (Fsp3) is 0.765. The Balaban J connectivity index is 3.07. The van der Waals surface area contributed by atoms with E-state index >= 15 is 0 Å². The Labute approximate surface area is 142 Å². The van der Waals surface area contributed by atoms with Crippen molar-refractivity contribution in [2.45, 2.75) is 79.5 Å². The van der Waals surface area contributed by atoms with Crippen molar-refractivity contribution in [2.75, 3.05) is 0 Å². The number of hydrogen-bond acceptors (Lipinski definition) is 1. The Hall–Kier alpha value is 0.979. The van der Waals surface area contributed by atoms with E-state index in [2.05, 4.69) is 61.0 Å². The predicted molar refractivity (Wildman–Crippen MR) is 101 cm³/mol. The second-order valence-electron chi connectivity index (χ2n) is 6.13. The summed E-state index contributed by atoms with van der Waals surface area (Å²) < 4.78 is 8.02. The van der Waals surface area contributed by atoms with Crippen LogP contribution in [0.1, 0.15) is 64.2 Å². The van der Waals surface area contributed by atoms with Gasteiger partial charge in [-0.3, -0.25) is 0 Å². The molecule has 1 aromatic rings. The Morgan fingerprint density at radius 3 is 1.70 bits per heavy atom. The first-order chi connectivity index (χ1) is 9.59. The van der Waals surface area contributed by atoms with Crippen LogP contribution in [0.5, 0.6) is 0 Å². The summed E-state index contributed by atoms with van der Waals surface area (Å²) in [7, 11) is 0. The summed E-state index contributed by atoms with van der Waals surface area (Å²) in [5.74, 6) is 0. The number of rotatable bonds is 10. The molecular formula is C17H31BrSSn. The summed E-state index contributed by atoms with van der Waals surface area (Å²) in [6, 6.07) is 2.37. The van der Waals surface area contributed by atoms with E-state index in [9.17, 15) is 0 Å². The van der Waals surface area contributed by atoms with Crippen LogP contribution in [0.4, 0.5) is 0 Å². The molecule has 1 rings (SSSR count). The Bertz CT molecular complexity index is 365. The number of unbranched alkanes of at least 4 members (excludes halogenated alkanes) is 3. The van der Waals surface area contributed by atoms with E-state index in [0.29, 0.717) is 0 Å². The van der Waals surface area contributed by atoms with Crippen LogP contribution in [0.3, 0.4) is 0 Å². The maximum atomic E-state index is 3.89. The molecule has 3 heteroatoms. The van der Waals surface area contributed by atoms with Crippen LogP contribution in [0, 0.1) is 6.92 Å². The van der Waals surface area contributed by atoms with Gasteiger partial charge in [-0.1, -0.05) is 0 Å². The van der Waals surface area contributed by atoms with E-state index in [1.54, 1.807) is 13.3 Å². The summed E-state index contributed by atoms with van der Waals surface area (Å²) in [6.45, 7) is 9.33. The zero-order chi connectivity index (χ0) is 15.0. The zero-order valence-electron chi connectivity index (χ0n) is 13.7. The average molecular weight is 466 g/mol. The number of thiophene rings is 1. The predicted octanol–water partition coefficient (Wildman–Crippen LogP) is 6.88. The molecule has 0 radical (unpaired) electrons. The Morgan fingerprint density at radius 1 is 0.950 bits per heavy atom. The van der Waals surface area contributed by atoms with E-state index < -0.39 is 18.4 Å². The third kappa shape index (κ3) is 5.31. The molecule has 0 aromatic carbocycles. The molecular weight excluding hydrogens is 435 g/mol. The summed E-state index contributed by atoms with van der Waals surface area (Å²) in [5, 5.41) is 0. The van der Waals surface area contributed by atoms with Crippen molar-refractivity contribution in [2.24, 2.45) is 0 Å². The Kier molecular flexibility index (Phi) is 9.41. The fourth-order valence-corrected chi connectivity index (χ4v) is 27.4. The van der Waals surface area contributed by atoms with Crippen molar-refractivity contribution in [3.8, 4) is 0 Å². The molecule has 0 nitrogen and oxygen atoms in total.